The van der Waals surface area contributed by atoms with Gasteiger partial charge in [0.2, 0.25) is 11.6 Å². The Labute approximate surface area is 148 Å². The number of rotatable bonds is 5. The summed E-state index contributed by atoms with van der Waals surface area (Å²) in [5.74, 6) is 1.04. The number of ether oxygens (including phenoxy) is 1. The first kappa shape index (κ1) is 15.8. The fourth-order valence-corrected chi connectivity index (χ4v) is 2.53. The Morgan fingerprint density at radius 1 is 1.04 bits per heavy atom. The summed E-state index contributed by atoms with van der Waals surface area (Å²) < 4.78 is 11.6. The van der Waals surface area contributed by atoms with Crippen LogP contribution in [0.5, 0.6) is 5.75 Å². The zero-order valence-corrected chi connectivity index (χ0v) is 13.5. The highest BCUT2D eigenvalue weighted by molar-refractivity contribution is 5.74. The SMILES string of the molecule is O=[N+]([O-])c1ccc(COc2ccccc2-c2nc3cccnc3o2)cc1. The van der Waals surface area contributed by atoms with Gasteiger partial charge in [-0.25, -0.2) is 9.97 Å². The molecular weight excluding hydrogens is 334 g/mol. The van der Waals surface area contributed by atoms with Gasteiger partial charge in [0.1, 0.15) is 17.9 Å². The van der Waals surface area contributed by atoms with Gasteiger partial charge in [0.25, 0.3) is 5.69 Å². The van der Waals surface area contributed by atoms with Gasteiger partial charge in [-0.2, -0.15) is 0 Å². The van der Waals surface area contributed by atoms with E-state index in [-0.39, 0.29) is 12.3 Å². The lowest BCUT2D eigenvalue weighted by Gasteiger charge is -2.09. The lowest BCUT2D eigenvalue weighted by Crippen LogP contribution is -1.97. The number of hydrogen-bond acceptors (Lipinski definition) is 6. The second-order valence-electron chi connectivity index (χ2n) is 5.56. The van der Waals surface area contributed by atoms with Gasteiger partial charge in [0.15, 0.2) is 0 Å². The molecule has 0 fully saturated rings. The third-order valence-electron chi connectivity index (χ3n) is 3.83. The van der Waals surface area contributed by atoms with E-state index in [4.69, 9.17) is 9.15 Å². The Kier molecular flexibility index (Phi) is 4.03. The number of nitrogens with zero attached hydrogens (tertiary/aromatic N) is 3. The molecule has 0 atom stereocenters. The molecule has 7 nitrogen and oxygen atoms in total. The third kappa shape index (κ3) is 3.10. The topological polar surface area (TPSA) is 91.3 Å². The van der Waals surface area contributed by atoms with Crippen molar-refractivity contribution >= 4 is 16.9 Å². The highest BCUT2D eigenvalue weighted by atomic mass is 16.6. The van der Waals surface area contributed by atoms with Crippen LogP contribution in [0.2, 0.25) is 0 Å². The first-order valence-corrected chi connectivity index (χ1v) is 7.88. The summed E-state index contributed by atoms with van der Waals surface area (Å²) in [7, 11) is 0. The average Bonchev–Trinajstić information content (AvgIpc) is 3.11. The summed E-state index contributed by atoms with van der Waals surface area (Å²) in [6.45, 7) is 0.271. The fourth-order valence-electron chi connectivity index (χ4n) is 2.53. The molecule has 26 heavy (non-hydrogen) atoms. The molecule has 7 heteroatoms. The van der Waals surface area contributed by atoms with Gasteiger partial charge < -0.3 is 9.15 Å². The van der Waals surface area contributed by atoms with Crippen LogP contribution in [0.3, 0.4) is 0 Å². The van der Waals surface area contributed by atoms with Crippen LogP contribution < -0.4 is 4.74 Å². The predicted octanol–water partition coefficient (Wildman–Crippen LogP) is 4.38. The Morgan fingerprint density at radius 3 is 2.62 bits per heavy atom. The second kappa shape index (κ2) is 6.64. The summed E-state index contributed by atoms with van der Waals surface area (Å²) >= 11 is 0. The van der Waals surface area contributed by atoms with E-state index < -0.39 is 4.92 Å². The van der Waals surface area contributed by atoms with Crippen molar-refractivity contribution in [2.75, 3.05) is 0 Å². The second-order valence-corrected chi connectivity index (χ2v) is 5.56. The summed E-state index contributed by atoms with van der Waals surface area (Å²) in [4.78, 5) is 18.9. The average molecular weight is 347 g/mol. The number of aromatic nitrogens is 2. The van der Waals surface area contributed by atoms with Crippen molar-refractivity contribution in [2.24, 2.45) is 0 Å². The Morgan fingerprint density at radius 2 is 1.85 bits per heavy atom. The molecule has 0 aliphatic carbocycles. The van der Waals surface area contributed by atoms with Crippen LogP contribution >= 0.6 is 0 Å². The van der Waals surface area contributed by atoms with Crippen molar-refractivity contribution in [1.82, 2.24) is 9.97 Å². The van der Waals surface area contributed by atoms with E-state index in [2.05, 4.69) is 9.97 Å². The molecule has 0 radical (unpaired) electrons. The summed E-state index contributed by atoms with van der Waals surface area (Å²) in [5.41, 5.74) is 2.73. The third-order valence-corrected chi connectivity index (χ3v) is 3.83. The van der Waals surface area contributed by atoms with Crippen molar-refractivity contribution in [3.05, 3.63) is 82.5 Å². The minimum Gasteiger partial charge on any atom is -0.488 e. The lowest BCUT2D eigenvalue weighted by atomic mass is 10.2. The Balaban J connectivity index is 1.58. The number of nitro benzene ring substituents is 1. The van der Waals surface area contributed by atoms with Crippen molar-refractivity contribution in [3.8, 4) is 17.2 Å². The van der Waals surface area contributed by atoms with Gasteiger partial charge in [-0.3, -0.25) is 10.1 Å². The number of non-ortho nitro benzene ring substituents is 1. The largest absolute Gasteiger partial charge is 0.488 e. The highest BCUT2D eigenvalue weighted by Gasteiger charge is 2.14. The van der Waals surface area contributed by atoms with Crippen molar-refractivity contribution in [2.45, 2.75) is 6.61 Å². The van der Waals surface area contributed by atoms with E-state index in [9.17, 15) is 10.1 Å². The first-order valence-electron chi connectivity index (χ1n) is 7.88. The molecule has 2 aromatic carbocycles. The van der Waals surface area contributed by atoms with Crippen molar-refractivity contribution in [3.63, 3.8) is 0 Å². The van der Waals surface area contributed by atoms with Gasteiger partial charge >= 0.3 is 0 Å². The molecule has 2 heterocycles. The number of pyridine rings is 1. The molecule has 0 bridgehead atoms. The van der Waals surface area contributed by atoms with E-state index in [0.29, 0.717) is 28.4 Å². The van der Waals surface area contributed by atoms with Crippen LogP contribution in [0.1, 0.15) is 5.56 Å². The predicted molar refractivity (Wildman–Crippen MR) is 94.7 cm³/mol. The molecule has 128 valence electrons. The van der Waals surface area contributed by atoms with Gasteiger partial charge in [-0.1, -0.05) is 12.1 Å². The maximum Gasteiger partial charge on any atom is 0.269 e. The van der Waals surface area contributed by atoms with Crippen molar-refractivity contribution in [1.29, 1.82) is 0 Å². The smallest absolute Gasteiger partial charge is 0.269 e. The molecular formula is C19H13N3O4. The summed E-state index contributed by atoms with van der Waals surface area (Å²) in [6, 6.07) is 17.3. The maximum atomic E-state index is 10.7. The molecule has 0 unspecified atom stereocenters. The molecule has 4 aromatic rings. The number of hydrogen-bond donors (Lipinski definition) is 0. The van der Waals surface area contributed by atoms with E-state index in [1.54, 1.807) is 24.4 Å². The van der Waals surface area contributed by atoms with E-state index >= 15 is 0 Å². The normalized spacial score (nSPS) is 10.8. The number of nitro groups is 1. The standard InChI is InChI=1S/C19H13N3O4/c23-22(24)14-9-7-13(8-10-14)12-25-17-6-2-1-4-15(17)18-21-16-5-3-11-20-19(16)26-18/h1-11H,12H2. The van der Waals surface area contributed by atoms with Gasteiger partial charge in [0.05, 0.1) is 10.5 Å². The minimum atomic E-state index is -0.429. The zero-order valence-electron chi connectivity index (χ0n) is 13.5. The highest BCUT2D eigenvalue weighted by Crippen LogP contribution is 2.31. The minimum absolute atomic E-state index is 0.0492. The van der Waals surface area contributed by atoms with E-state index in [0.717, 1.165) is 5.56 Å². The fraction of sp³-hybridized carbons (Fsp3) is 0.0526. The molecule has 0 saturated carbocycles. The summed E-state index contributed by atoms with van der Waals surface area (Å²) in [5, 5.41) is 10.7. The van der Waals surface area contributed by atoms with Gasteiger partial charge in [-0.15, -0.1) is 0 Å². The van der Waals surface area contributed by atoms with Gasteiger partial charge in [-0.05, 0) is 42.0 Å². The molecule has 0 aliphatic rings. The van der Waals surface area contributed by atoms with E-state index in [1.807, 2.05) is 30.3 Å². The van der Waals surface area contributed by atoms with Crippen LogP contribution in [0.4, 0.5) is 5.69 Å². The Hall–Kier alpha value is -3.74. The maximum absolute atomic E-state index is 10.7. The quantitative estimate of drug-likeness (QED) is 0.393. The molecule has 0 spiro atoms. The lowest BCUT2D eigenvalue weighted by molar-refractivity contribution is -0.384. The van der Waals surface area contributed by atoms with Gasteiger partial charge in [0, 0.05) is 18.3 Å². The first-order chi connectivity index (χ1) is 12.7. The molecule has 4 rings (SSSR count). The monoisotopic (exact) mass is 347 g/mol. The molecule has 0 saturated heterocycles. The number of benzene rings is 2. The van der Waals surface area contributed by atoms with Crippen LogP contribution in [0.15, 0.2) is 71.3 Å². The summed E-state index contributed by atoms with van der Waals surface area (Å²) in [6.07, 6.45) is 1.65. The molecule has 2 aromatic heterocycles. The van der Waals surface area contributed by atoms with E-state index in [1.165, 1.54) is 12.1 Å². The van der Waals surface area contributed by atoms with Crippen LogP contribution in [-0.4, -0.2) is 14.9 Å². The van der Waals surface area contributed by atoms with Crippen LogP contribution in [0.25, 0.3) is 22.7 Å². The molecule has 0 aliphatic heterocycles. The number of oxazole rings is 1. The number of fused-ring (bicyclic) bond motifs is 1. The number of para-hydroxylation sites is 1. The Bertz CT molecular complexity index is 1040. The van der Waals surface area contributed by atoms with Crippen molar-refractivity contribution < 1.29 is 14.1 Å². The molecule has 0 amide bonds. The molecule has 0 N–H and O–H groups in total. The van der Waals surface area contributed by atoms with Crippen LogP contribution in [-0.2, 0) is 6.61 Å². The zero-order chi connectivity index (χ0) is 17.9. The van der Waals surface area contributed by atoms with Crippen LogP contribution in [0, 0.1) is 10.1 Å².